The lowest BCUT2D eigenvalue weighted by Crippen LogP contribution is -2.39. The Morgan fingerprint density at radius 2 is 0.682 bits per heavy atom. The largest absolute Gasteiger partial charge is 0.504 e. The Hall–Kier alpha value is -6.84. The van der Waals surface area contributed by atoms with Crippen molar-refractivity contribution in [2.45, 2.75) is 0 Å². The van der Waals surface area contributed by atoms with Crippen LogP contribution < -0.4 is 37.1 Å². The average Bonchev–Trinajstić information content (AvgIpc) is 3.36. The minimum atomic E-state index is -4.58. The zero-order valence-corrected chi connectivity index (χ0v) is 38.3. The predicted molar refractivity (Wildman–Crippen MR) is 256 cm³/mol. The number of aromatic hydroxyl groups is 2. The standard InChI is InChI=1S/C48H40N4O10P4/c53-45-35-19-21-37-47(45)61-66(62-48-38-22-20-36-46(48)54)49-63(58-42-29-13-4-14-30-42)50(55-39-23-7-1-8-24-39)64(59-43-31-15-5-16-32-43)51(56-40-25-9-2-10-26-40)65(60-44-33-17-6-18-34-44)52(66)57-41-27-11-3-12-28-41/h1-38,53-54H. The third-order valence-electron chi connectivity index (χ3n) is 8.88. The molecule has 0 bridgehead atoms. The van der Waals surface area contributed by atoms with E-state index in [0.717, 1.165) is 0 Å². The molecule has 0 saturated heterocycles. The van der Waals surface area contributed by atoms with Gasteiger partial charge in [0, 0.05) is 13.8 Å². The molecule has 0 radical (unpaired) electrons. The van der Waals surface area contributed by atoms with Crippen molar-refractivity contribution in [3.05, 3.63) is 231 Å². The number of hydrogen-bond acceptors (Lipinski definition) is 14. The first kappa shape index (κ1) is 44.4. The van der Waals surface area contributed by atoms with E-state index < -0.39 is 33.0 Å². The highest BCUT2D eigenvalue weighted by molar-refractivity contribution is 7.78. The van der Waals surface area contributed by atoms with Gasteiger partial charge in [-0.05, 0) is 97.1 Å². The van der Waals surface area contributed by atoms with Gasteiger partial charge >= 0.3 is 33.0 Å². The number of para-hydroxylation sites is 10. The maximum atomic E-state index is 11.5. The van der Waals surface area contributed by atoms with Gasteiger partial charge in [-0.25, -0.2) is 0 Å². The maximum absolute atomic E-state index is 11.5. The van der Waals surface area contributed by atoms with Crippen molar-refractivity contribution in [2.75, 3.05) is 0 Å². The summed E-state index contributed by atoms with van der Waals surface area (Å²) in [5.41, 5.74) is 0. The molecule has 0 spiro atoms. The van der Waals surface area contributed by atoms with E-state index in [1.54, 1.807) is 121 Å². The van der Waals surface area contributed by atoms with Crippen LogP contribution in [0, 0.1) is 0 Å². The van der Waals surface area contributed by atoms with Gasteiger partial charge in [-0.15, -0.1) is 4.52 Å². The summed E-state index contributed by atoms with van der Waals surface area (Å²) in [6, 6.07) is 67.1. The summed E-state index contributed by atoms with van der Waals surface area (Å²) in [6.07, 6.45) is 0. The van der Waals surface area contributed by atoms with Crippen molar-refractivity contribution in [3.8, 4) is 57.5 Å². The fourth-order valence-corrected chi connectivity index (χ4v) is 15.6. The molecule has 1 heterocycles. The Morgan fingerprint density at radius 3 is 1.11 bits per heavy atom. The summed E-state index contributed by atoms with van der Waals surface area (Å²) in [7, 11) is -12.4. The highest BCUT2D eigenvalue weighted by Crippen LogP contribution is 2.78. The van der Waals surface area contributed by atoms with Crippen LogP contribution in [0.15, 0.2) is 235 Å². The first-order chi connectivity index (χ1) is 32.5. The van der Waals surface area contributed by atoms with Crippen LogP contribution in [0.3, 0.4) is 0 Å². The Morgan fingerprint density at radius 1 is 0.348 bits per heavy atom. The van der Waals surface area contributed by atoms with Crippen LogP contribution in [0.4, 0.5) is 0 Å². The summed E-state index contributed by atoms with van der Waals surface area (Å²) in [5, 5.41) is 23.1. The second-order valence-electron chi connectivity index (χ2n) is 13.6. The van der Waals surface area contributed by atoms with Crippen LogP contribution in [0.1, 0.15) is 0 Å². The van der Waals surface area contributed by atoms with Crippen LogP contribution >= 0.6 is 33.0 Å². The molecule has 3 atom stereocenters. The maximum Gasteiger partial charge on any atom is 0.447 e. The number of nitrogens with zero attached hydrogens (tertiary/aromatic N) is 4. The summed E-state index contributed by atoms with van der Waals surface area (Å²) in [4.78, 5) is 21.0. The Bertz CT molecular complexity index is 2770. The highest BCUT2D eigenvalue weighted by Gasteiger charge is 2.59. The summed E-state index contributed by atoms with van der Waals surface area (Å²) < 4.78 is 45.2. The van der Waals surface area contributed by atoms with E-state index >= 15 is 0 Å². The number of rotatable bonds is 16. The Labute approximate surface area is 385 Å². The molecule has 1 aliphatic rings. The zero-order chi connectivity index (χ0) is 45.0. The van der Waals surface area contributed by atoms with E-state index in [2.05, 4.69) is 0 Å². The second kappa shape index (κ2) is 21.4. The van der Waals surface area contributed by atoms with Crippen LogP contribution in [0.5, 0.6) is 57.5 Å². The van der Waals surface area contributed by atoms with Gasteiger partial charge in [0.05, 0.1) is 0 Å². The monoisotopic (exact) mass is 956 g/mol. The number of phenols is 2. The molecule has 0 aliphatic carbocycles. The fraction of sp³-hybridized carbons (Fsp3) is 0. The van der Waals surface area contributed by atoms with E-state index in [1.807, 2.05) is 97.1 Å². The zero-order valence-electron chi connectivity index (χ0n) is 34.7. The van der Waals surface area contributed by atoms with Gasteiger partial charge in [-0.2, -0.15) is 0 Å². The molecule has 0 saturated carbocycles. The molecule has 332 valence electrons. The smallest absolute Gasteiger partial charge is 0.447 e. The van der Waals surface area contributed by atoms with Crippen LogP contribution in [0.25, 0.3) is 0 Å². The van der Waals surface area contributed by atoms with Gasteiger partial charge < -0.3 is 47.3 Å². The molecular weight excluding hydrogens is 916 g/mol. The fourth-order valence-electron chi connectivity index (χ4n) is 5.85. The highest BCUT2D eigenvalue weighted by atomic mass is 31.3. The van der Waals surface area contributed by atoms with E-state index in [4.69, 9.17) is 41.6 Å². The molecule has 3 unspecified atom stereocenters. The topological polar surface area (TPSA) is 136 Å². The molecule has 66 heavy (non-hydrogen) atoms. The molecule has 0 aromatic heterocycles. The van der Waals surface area contributed by atoms with E-state index in [1.165, 1.54) is 25.9 Å². The SMILES string of the molecule is Oc1ccccc1OP1(Oc2ccccc2O)=NP(Oc2ccccc2)N(Oc2ccccc2)P(Oc2ccccc2)N(Oc2ccccc2)P(Oc2ccccc2)N1Oc1ccccc1. The van der Waals surface area contributed by atoms with Crippen LogP contribution in [-0.4, -0.2) is 24.0 Å². The van der Waals surface area contributed by atoms with E-state index in [-0.39, 0.29) is 23.0 Å². The lowest BCUT2D eigenvalue weighted by atomic mass is 10.3. The molecule has 14 nitrogen and oxygen atoms in total. The third kappa shape index (κ3) is 11.0. The molecule has 0 fully saturated rings. The van der Waals surface area contributed by atoms with Crippen molar-refractivity contribution in [2.24, 2.45) is 4.52 Å². The predicted octanol–water partition coefficient (Wildman–Crippen LogP) is 14.3. The average molecular weight is 957 g/mol. The molecule has 18 heteroatoms. The summed E-state index contributed by atoms with van der Waals surface area (Å²) in [6.45, 7) is 0. The molecule has 8 aromatic carbocycles. The van der Waals surface area contributed by atoms with Crippen molar-refractivity contribution in [1.29, 1.82) is 0 Å². The van der Waals surface area contributed by atoms with E-state index in [9.17, 15) is 10.2 Å². The molecule has 0 amide bonds. The van der Waals surface area contributed by atoms with Crippen molar-refractivity contribution >= 4 is 33.0 Å². The number of phenolic OH excluding ortho intramolecular Hbond substituents is 2. The van der Waals surface area contributed by atoms with Gasteiger partial charge in [0.15, 0.2) is 23.0 Å². The van der Waals surface area contributed by atoms with Gasteiger partial charge in [-0.3, -0.25) is 0 Å². The second-order valence-corrected chi connectivity index (χ2v) is 20.9. The molecule has 9 rings (SSSR count). The third-order valence-corrected chi connectivity index (χ3v) is 17.8. The first-order valence-electron chi connectivity index (χ1n) is 20.3. The van der Waals surface area contributed by atoms with Crippen LogP contribution in [0.2, 0.25) is 0 Å². The number of benzene rings is 8. The molecule has 8 aromatic rings. The van der Waals surface area contributed by atoms with E-state index in [0.29, 0.717) is 34.5 Å². The van der Waals surface area contributed by atoms with Gasteiger partial charge in [0.2, 0.25) is 0 Å². The molecular formula is C48H40N4O10P4. The Kier molecular flexibility index (Phi) is 14.4. The van der Waals surface area contributed by atoms with Gasteiger partial charge in [0.25, 0.3) is 0 Å². The van der Waals surface area contributed by atoms with Gasteiger partial charge in [0.1, 0.15) is 34.5 Å². The molecule has 1 aliphatic heterocycles. The normalized spacial score (nSPS) is 17.4. The van der Waals surface area contributed by atoms with Crippen molar-refractivity contribution in [1.82, 2.24) is 13.8 Å². The van der Waals surface area contributed by atoms with Gasteiger partial charge in [-0.1, -0.05) is 133 Å². The summed E-state index contributed by atoms with van der Waals surface area (Å²) in [5.74, 6) is 1.68. The quantitative estimate of drug-likeness (QED) is 0.0890. The first-order valence-corrected chi connectivity index (χ1v) is 25.3. The molecule has 2 N–H and O–H groups in total. The lowest BCUT2D eigenvalue weighted by molar-refractivity contribution is 0.0376. The Balaban J connectivity index is 1.41. The van der Waals surface area contributed by atoms with Crippen LogP contribution in [-0.2, 0) is 0 Å². The van der Waals surface area contributed by atoms with Crippen molar-refractivity contribution in [3.63, 3.8) is 0 Å². The number of hydrogen-bond donors (Lipinski definition) is 2. The summed E-state index contributed by atoms with van der Waals surface area (Å²) >= 11 is 0. The van der Waals surface area contributed by atoms with Crippen molar-refractivity contribution < 1.29 is 47.3 Å². The minimum Gasteiger partial charge on any atom is -0.504 e. The lowest BCUT2D eigenvalue weighted by Gasteiger charge is -2.45. The minimum absolute atomic E-state index is 0.0505.